The minimum Gasteiger partial charge on any atom is -0.460 e. The van der Waals surface area contributed by atoms with Crippen LogP contribution >= 0.6 is 0 Å². The number of fused-ring (bicyclic) bond motifs is 2. The molecule has 0 saturated heterocycles. The van der Waals surface area contributed by atoms with Gasteiger partial charge in [-0.25, -0.2) is 4.79 Å². The summed E-state index contributed by atoms with van der Waals surface area (Å²) in [5.41, 5.74) is 7.20. The summed E-state index contributed by atoms with van der Waals surface area (Å²) in [6.45, 7) is 6.90. The Morgan fingerprint density at radius 3 is 2.48 bits per heavy atom. The van der Waals surface area contributed by atoms with Gasteiger partial charge in [-0.05, 0) is 36.2 Å². The van der Waals surface area contributed by atoms with Crippen molar-refractivity contribution in [3.05, 3.63) is 35.9 Å². The Labute approximate surface area is 126 Å². The molecule has 2 bridgehead atoms. The largest absolute Gasteiger partial charge is 0.460 e. The summed E-state index contributed by atoms with van der Waals surface area (Å²) in [5, 5.41) is 0. The molecule has 2 aliphatic rings. The van der Waals surface area contributed by atoms with Crippen LogP contribution in [0.3, 0.4) is 0 Å². The molecular formula is C18H25NO2. The van der Waals surface area contributed by atoms with Crippen LogP contribution < -0.4 is 5.73 Å². The maximum atomic E-state index is 12.4. The first-order valence-corrected chi connectivity index (χ1v) is 7.87. The summed E-state index contributed by atoms with van der Waals surface area (Å²) < 4.78 is 5.84. The van der Waals surface area contributed by atoms with Crippen LogP contribution in [0.25, 0.3) is 0 Å². The molecule has 2 N–H and O–H groups in total. The van der Waals surface area contributed by atoms with Crippen LogP contribution in [0, 0.1) is 16.7 Å². The maximum absolute atomic E-state index is 12.4. The van der Waals surface area contributed by atoms with Gasteiger partial charge in [0, 0.05) is 5.41 Å². The first kappa shape index (κ1) is 14.6. The zero-order chi connectivity index (χ0) is 15.3. The number of esters is 1. The van der Waals surface area contributed by atoms with Gasteiger partial charge in [0.2, 0.25) is 0 Å². The molecule has 2 saturated carbocycles. The van der Waals surface area contributed by atoms with Crippen LogP contribution in [-0.2, 0) is 9.53 Å². The highest BCUT2D eigenvalue weighted by Gasteiger charge is 2.62. The predicted molar refractivity (Wildman–Crippen MR) is 82.5 cm³/mol. The smallest absolute Gasteiger partial charge is 0.327 e. The Bertz CT molecular complexity index is 539. The number of ether oxygens (including phenoxy) is 1. The lowest BCUT2D eigenvalue weighted by molar-refractivity contribution is -0.158. The van der Waals surface area contributed by atoms with Crippen LogP contribution in [0.4, 0.5) is 0 Å². The Balaban J connectivity index is 1.72. The van der Waals surface area contributed by atoms with Gasteiger partial charge in [-0.3, -0.25) is 0 Å². The minimum absolute atomic E-state index is 0.00788. The molecule has 21 heavy (non-hydrogen) atoms. The first-order valence-electron chi connectivity index (χ1n) is 7.87. The second-order valence-corrected chi connectivity index (χ2v) is 7.42. The standard InChI is InChI=1S/C18H25NO2/c1-17(2)13-9-10-18(17,3)14(11-13)21-16(20)15(19)12-7-5-4-6-8-12/h4-8,13-15H,9-11,19H2,1-3H3/t13?,14?,15-,18?/m1/s1. The zero-order valence-corrected chi connectivity index (χ0v) is 13.1. The van der Waals surface area contributed by atoms with Gasteiger partial charge in [-0.1, -0.05) is 51.1 Å². The number of nitrogens with two attached hydrogens (primary N) is 1. The first-order chi connectivity index (χ1) is 9.86. The van der Waals surface area contributed by atoms with Gasteiger partial charge in [0.15, 0.2) is 0 Å². The van der Waals surface area contributed by atoms with Gasteiger partial charge in [-0.15, -0.1) is 0 Å². The lowest BCUT2D eigenvalue weighted by Crippen LogP contribution is -2.40. The second-order valence-electron chi connectivity index (χ2n) is 7.42. The zero-order valence-electron chi connectivity index (χ0n) is 13.1. The van der Waals surface area contributed by atoms with E-state index < -0.39 is 6.04 Å². The molecule has 0 heterocycles. The van der Waals surface area contributed by atoms with Gasteiger partial charge in [0.25, 0.3) is 0 Å². The number of hydrogen-bond acceptors (Lipinski definition) is 3. The highest BCUT2D eigenvalue weighted by atomic mass is 16.5. The molecule has 0 radical (unpaired) electrons. The van der Waals surface area contributed by atoms with Crippen LogP contribution in [-0.4, -0.2) is 12.1 Å². The van der Waals surface area contributed by atoms with Crippen molar-refractivity contribution >= 4 is 5.97 Å². The third-order valence-corrected chi connectivity index (χ3v) is 6.38. The molecule has 3 nitrogen and oxygen atoms in total. The highest BCUT2D eigenvalue weighted by molar-refractivity contribution is 5.77. The molecule has 0 aliphatic heterocycles. The van der Waals surface area contributed by atoms with Crippen LogP contribution in [0.2, 0.25) is 0 Å². The van der Waals surface area contributed by atoms with Crippen molar-refractivity contribution in [2.24, 2.45) is 22.5 Å². The molecular weight excluding hydrogens is 262 g/mol. The average molecular weight is 287 g/mol. The van der Waals surface area contributed by atoms with E-state index in [0.717, 1.165) is 18.4 Å². The SMILES string of the molecule is CC1(C)C2CCC1(C)C(OC(=O)[C@H](N)c1ccccc1)C2. The molecule has 114 valence electrons. The summed E-state index contributed by atoms with van der Waals surface area (Å²) in [7, 11) is 0. The molecule has 0 aromatic heterocycles. The molecule has 0 amide bonds. The third-order valence-electron chi connectivity index (χ3n) is 6.38. The summed E-state index contributed by atoms with van der Waals surface area (Å²) >= 11 is 0. The average Bonchev–Trinajstić information content (AvgIpc) is 2.80. The maximum Gasteiger partial charge on any atom is 0.327 e. The summed E-state index contributed by atoms with van der Waals surface area (Å²) in [4.78, 5) is 12.4. The number of carbonyl (C=O) groups excluding carboxylic acids is 1. The third kappa shape index (κ3) is 2.10. The van der Waals surface area contributed by atoms with E-state index in [0.29, 0.717) is 5.92 Å². The molecule has 2 fully saturated rings. The predicted octanol–water partition coefficient (Wildman–Crippen LogP) is 3.44. The molecule has 4 atom stereocenters. The second kappa shape index (κ2) is 4.84. The van der Waals surface area contributed by atoms with E-state index in [2.05, 4.69) is 20.8 Å². The quantitative estimate of drug-likeness (QED) is 0.866. The van der Waals surface area contributed by atoms with Crippen LogP contribution in [0.5, 0.6) is 0 Å². The van der Waals surface area contributed by atoms with Crippen molar-refractivity contribution in [1.29, 1.82) is 0 Å². The van der Waals surface area contributed by atoms with Crippen molar-refractivity contribution in [3.63, 3.8) is 0 Å². The lowest BCUT2D eigenvalue weighted by Gasteiger charge is -2.38. The Hall–Kier alpha value is -1.35. The van der Waals surface area contributed by atoms with Gasteiger partial charge >= 0.3 is 5.97 Å². The van der Waals surface area contributed by atoms with Gasteiger partial charge < -0.3 is 10.5 Å². The van der Waals surface area contributed by atoms with E-state index in [1.54, 1.807) is 0 Å². The van der Waals surface area contributed by atoms with E-state index >= 15 is 0 Å². The lowest BCUT2D eigenvalue weighted by atomic mass is 9.70. The highest BCUT2D eigenvalue weighted by Crippen LogP contribution is 2.66. The Kier molecular flexibility index (Phi) is 3.36. The van der Waals surface area contributed by atoms with E-state index in [1.165, 1.54) is 6.42 Å². The summed E-state index contributed by atoms with van der Waals surface area (Å²) in [6, 6.07) is 8.77. The molecule has 1 aromatic rings. The molecule has 0 spiro atoms. The minimum atomic E-state index is -0.683. The fourth-order valence-electron chi connectivity index (χ4n) is 4.32. The summed E-state index contributed by atoms with van der Waals surface area (Å²) in [5.74, 6) is 0.365. The monoisotopic (exact) mass is 287 g/mol. The van der Waals surface area contributed by atoms with Crippen molar-refractivity contribution in [2.45, 2.75) is 52.2 Å². The molecule has 2 aliphatic carbocycles. The molecule has 1 aromatic carbocycles. The van der Waals surface area contributed by atoms with Gasteiger partial charge in [0.05, 0.1) is 0 Å². The molecule has 3 heteroatoms. The van der Waals surface area contributed by atoms with Gasteiger partial charge in [-0.2, -0.15) is 0 Å². The fraction of sp³-hybridized carbons (Fsp3) is 0.611. The van der Waals surface area contributed by atoms with Crippen molar-refractivity contribution in [3.8, 4) is 0 Å². The number of carbonyl (C=O) groups is 1. The Morgan fingerprint density at radius 2 is 1.95 bits per heavy atom. The summed E-state index contributed by atoms with van der Waals surface area (Å²) in [6.07, 6.45) is 3.39. The Morgan fingerprint density at radius 1 is 1.29 bits per heavy atom. The molecule has 3 rings (SSSR count). The normalized spacial score (nSPS) is 34.7. The fourth-order valence-corrected chi connectivity index (χ4v) is 4.32. The van der Waals surface area contributed by atoms with Crippen LogP contribution in [0.15, 0.2) is 30.3 Å². The van der Waals surface area contributed by atoms with Crippen molar-refractivity contribution in [1.82, 2.24) is 0 Å². The topological polar surface area (TPSA) is 52.3 Å². The molecule has 3 unspecified atom stereocenters. The van der Waals surface area contributed by atoms with Crippen LogP contribution in [0.1, 0.15) is 51.6 Å². The van der Waals surface area contributed by atoms with Crippen molar-refractivity contribution < 1.29 is 9.53 Å². The van der Waals surface area contributed by atoms with Crippen molar-refractivity contribution in [2.75, 3.05) is 0 Å². The van der Waals surface area contributed by atoms with E-state index in [4.69, 9.17) is 10.5 Å². The number of hydrogen-bond donors (Lipinski definition) is 1. The number of benzene rings is 1. The van der Waals surface area contributed by atoms with Gasteiger partial charge in [0.1, 0.15) is 12.1 Å². The van der Waals surface area contributed by atoms with E-state index in [9.17, 15) is 4.79 Å². The number of rotatable bonds is 3. The van der Waals surface area contributed by atoms with E-state index in [1.807, 2.05) is 30.3 Å². The van der Waals surface area contributed by atoms with E-state index in [-0.39, 0.29) is 22.9 Å².